The van der Waals surface area contributed by atoms with E-state index in [0.29, 0.717) is 17.3 Å². The van der Waals surface area contributed by atoms with Crippen molar-refractivity contribution < 1.29 is 4.74 Å². The van der Waals surface area contributed by atoms with E-state index in [1.54, 1.807) is 7.11 Å². The van der Waals surface area contributed by atoms with Crippen molar-refractivity contribution >= 4 is 22.5 Å². The first-order valence-corrected chi connectivity index (χ1v) is 5.06. The van der Waals surface area contributed by atoms with Gasteiger partial charge in [0.25, 0.3) is 0 Å². The topological polar surface area (TPSA) is 40.2 Å². The van der Waals surface area contributed by atoms with Crippen LogP contribution in [0.15, 0.2) is 18.3 Å². The number of aryl methyl sites for hydroxylation is 1. The molecule has 0 saturated heterocycles. The van der Waals surface area contributed by atoms with Crippen LogP contribution >= 0.6 is 11.6 Å². The molecule has 4 heteroatoms. The van der Waals surface area contributed by atoms with Crippen LogP contribution in [0.5, 0.6) is 5.75 Å². The highest BCUT2D eigenvalue weighted by atomic mass is 35.5. The molecule has 2 N–H and O–H groups in total. The molecule has 2 aromatic rings. The molecule has 0 radical (unpaired) electrons. The Morgan fingerprint density at radius 1 is 1.47 bits per heavy atom. The Bertz CT molecular complexity index is 505. The minimum absolute atomic E-state index is 0.514. The number of benzene rings is 1. The summed E-state index contributed by atoms with van der Waals surface area (Å²) in [6.07, 6.45) is 2.01. The van der Waals surface area contributed by atoms with Gasteiger partial charge in [-0.25, -0.2) is 0 Å². The zero-order valence-electron chi connectivity index (χ0n) is 8.75. The fourth-order valence-electron chi connectivity index (χ4n) is 1.78. The van der Waals surface area contributed by atoms with Gasteiger partial charge in [-0.05, 0) is 11.6 Å². The summed E-state index contributed by atoms with van der Waals surface area (Å²) in [5.41, 5.74) is 7.84. The number of rotatable bonds is 2. The fraction of sp³-hybridized carbons (Fsp3) is 0.273. The molecule has 0 saturated carbocycles. The third kappa shape index (κ3) is 1.58. The predicted octanol–water partition coefficient (Wildman–Crippen LogP) is 2.30. The van der Waals surface area contributed by atoms with Crippen LogP contribution in [0.2, 0.25) is 5.02 Å². The Hall–Kier alpha value is -1.19. The average molecular weight is 225 g/mol. The molecule has 0 spiro atoms. The number of ether oxygens (including phenoxy) is 1. The Morgan fingerprint density at radius 2 is 2.20 bits per heavy atom. The summed E-state index contributed by atoms with van der Waals surface area (Å²) in [4.78, 5) is 0. The van der Waals surface area contributed by atoms with Gasteiger partial charge in [0, 0.05) is 31.2 Å². The molecule has 1 heterocycles. The van der Waals surface area contributed by atoms with E-state index in [1.165, 1.54) is 0 Å². The summed E-state index contributed by atoms with van der Waals surface area (Å²) < 4.78 is 7.20. The maximum atomic E-state index is 6.07. The van der Waals surface area contributed by atoms with Crippen LogP contribution in [0.4, 0.5) is 0 Å². The molecule has 80 valence electrons. The number of aromatic nitrogens is 1. The number of hydrogen-bond donors (Lipinski definition) is 1. The van der Waals surface area contributed by atoms with Gasteiger partial charge in [0.1, 0.15) is 5.75 Å². The second kappa shape index (κ2) is 3.76. The number of nitrogens with two attached hydrogens (primary N) is 1. The summed E-state index contributed by atoms with van der Waals surface area (Å²) in [6, 6.07) is 3.83. The maximum absolute atomic E-state index is 6.07. The molecule has 0 aliphatic heterocycles. The van der Waals surface area contributed by atoms with E-state index in [1.807, 2.05) is 29.9 Å². The van der Waals surface area contributed by atoms with Crippen molar-refractivity contribution in [2.75, 3.05) is 7.11 Å². The van der Waals surface area contributed by atoms with Crippen molar-refractivity contribution in [3.05, 3.63) is 28.9 Å². The number of nitrogens with zero attached hydrogens (tertiary/aromatic N) is 1. The first kappa shape index (κ1) is 10.3. The van der Waals surface area contributed by atoms with Crippen LogP contribution in [-0.2, 0) is 13.6 Å². The van der Waals surface area contributed by atoms with Gasteiger partial charge < -0.3 is 15.0 Å². The van der Waals surface area contributed by atoms with Crippen molar-refractivity contribution in [3.63, 3.8) is 0 Å². The number of halogens is 1. The van der Waals surface area contributed by atoms with Crippen LogP contribution in [0, 0.1) is 0 Å². The summed E-state index contributed by atoms with van der Waals surface area (Å²) in [7, 11) is 3.59. The smallest absolute Gasteiger partial charge is 0.139 e. The van der Waals surface area contributed by atoms with Crippen LogP contribution in [0.25, 0.3) is 10.9 Å². The van der Waals surface area contributed by atoms with Gasteiger partial charge in [-0.2, -0.15) is 0 Å². The Labute approximate surface area is 93.4 Å². The van der Waals surface area contributed by atoms with Gasteiger partial charge in [0.15, 0.2) is 0 Å². The zero-order valence-corrected chi connectivity index (χ0v) is 9.51. The second-order valence-electron chi connectivity index (χ2n) is 3.47. The third-order valence-corrected chi connectivity index (χ3v) is 2.86. The summed E-state index contributed by atoms with van der Waals surface area (Å²) in [5, 5.41) is 1.71. The number of hydrogen-bond acceptors (Lipinski definition) is 2. The zero-order chi connectivity index (χ0) is 11.0. The summed E-state index contributed by atoms with van der Waals surface area (Å²) in [5.74, 6) is 0.689. The minimum Gasteiger partial charge on any atom is -0.495 e. The van der Waals surface area contributed by atoms with E-state index in [4.69, 9.17) is 22.1 Å². The summed E-state index contributed by atoms with van der Waals surface area (Å²) in [6.45, 7) is 0.514. The fourth-order valence-corrected chi connectivity index (χ4v) is 2.02. The maximum Gasteiger partial charge on any atom is 0.139 e. The highest BCUT2D eigenvalue weighted by molar-refractivity contribution is 6.32. The van der Waals surface area contributed by atoms with E-state index >= 15 is 0 Å². The molecule has 0 aliphatic rings. The van der Waals surface area contributed by atoms with Crippen LogP contribution in [0.1, 0.15) is 5.56 Å². The van der Waals surface area contributed by atoms with Crippen LogP contribution in [0.3, 0.4) is 0 Å². The monoisotopic (exact) mass is 224 g/mol. The standard InChI is InChI=1S/C11H13ClN2O/c1-14-6-7(5-13)8-3-9(12)11(15-2)4-10(8)14/h3-4,6H,5,13H2,1-2H3. The highest BCUT2D eigenvalue weighted by Gasteiger charge is 2.09. The lowest BCUT2D eigenvalue weighted by Crippen LogP contribution is -1.94. The van der Waals surface area contributed by atoms with Gasteiger partial charge in [0.2, 0.25) is 0 Å². The Balaban J connectivity index is 2.77. The van der Waals surface area contributed by atoms with Crippen LogP contribution in [-0.4, -0.2) is 11.7 Å². The molecule has 0 atom stereocenters. The normalized spacial score (nSPS) is 10.9. The minimum atomic E-state index is 0.514. The van der Waals surface area contributed by atoms with Gasteiger partial charge >= 0.3 is 0 Å². The van der Waals surface area contributed by atoms with Crippen molar-refractivity contribution in [1.29, 1.82) is 0 Å². The number of methoxy groups -OCH3 is 1. The molecule has 3 nitrogen and oxygen atoms in total. The third-order valence-electron chi connectivity index (χ3n) is 2.57. The molecule has 0 aliphatic carbocycles. The van der Waals surface area contributed by atoms with Gasteiger partial charge in [-0.15, -0.1) is 0 Å². The van der Waals surface area contributed by atoms with Gasteiger partial charge in [0.05, 0.1) is 17.6 Å². The SMILES string of the molecule is COc1cc2c(cc1Cl)c(CN)cn2C. The molecule has 0 amide bonds. The predicted molar refractivity (Wildman–Crippen MR) is 62.4 cm³/mol. The lowest BCUT2D eigenvalue weighted by atomic mass is 10.1. The van der Waals surface area contributed by atoms with E-state index < -0.39 is 0 Å². The van der Waals surface area contributed by atoms with E-state index in [9.17, 15) is 0 Å². The molecule has 15 heavy (non-hydrogen) atoms. The lowest BCUT2D eigenvalue weighted by molar-refractivity contribution is 0.415. The molecule has 1 aromatic heterocycles. The van der Waals surface area contributed by atoms with E-state index in [-0.39, 0.29) is 0 Å². The van der Waals surface area contributed by atoms with Crippen molar-refractivity contribution in [2.24, 2.45) is 12.8 Å². The lowest BCUT2D eigenvalue weighted by Gasteiger charge is -2.04. The van der Waals surface area contributed by atoms with E-state index in [0.717, 1.165) is 16.5 Å². The molecule has 0 unspecified atom stereocenters. The van der Waals surface area contributed by atoms with Gasteiger partial charge in [-0.3, -0.25) is 0 Å². The molecule has 1 aromatic carbocycles. The highest BCUT2D eigenvalue weighted by Crippen LogP contribution is 2.32. The average Bonchev–Trinajstić information content (AvgIpc) is 2.54. The van der Waals surface area contributed by atoms with Crippen molar-refractivity contribution in [3.8, 4) is 5.75 Å². The van der Waals surface area contributed by atoms with Gasteiger partial charge in [-0.1, -0.05) is 11.6 Å². The molecule has 2 rings (SSSR count). The second-order valence-corrected chi connectivity index (χ2v) is 3.88. The van der Waals surface area contributed by atoms with Crippen molar-refractivity contribution in [1.82, 2.24) is 4.57 Å². The molecular weight excluding hydrogens is 212 g/mol. The van der Waals surface area contributed by atoms with Crippen molar-refractivity contribution in [2.45, 2.75) is 6.54 Å². The molecule has 0 fully saturated rings. The summed E-state index contributed by atoms with van der Waals surface area (Å²) >= 11 is 6.07. The largest absolute Gasteiger partial charge is 0.495 e. The molecular formula is C11H13ClN2O. The number of fused-ring (bicyclic) bond motifs is 1. The van der Waals surface area contributed by atoms with Crippen LogP contribution < -0.4 is 10.5 Å². The first-order chi connectivity index (χ1) is 7.17. The van der Waals surface area contributed by atoms with E-state index in [2.05, 4.69) is 0 Å². The molecule has 0 bridgehead atoms. The quantitative estimate of drug-likeness (QED) is 0.851. The first-order valence-electron chi connectivity index (χ1n) is 4.69. The Kier molecular flexibility index (Phi) is 2.59. The Morgan fingerprint density at radius 3 is 2.80 bits per heavy atom.